The average Bonchev–Trinajstić information content (AvgIpc) is 1.38. The molecule has 0 aromatic carbocycles. The molecule has 0 aliphatic rings. The van der Waals surface area contributed by atoms with Crippen molar-refractivity contribution in [1.82, 2.24) is 0 Å². The molecule has 0 heterocycles. The molecule has 0 aromatic heterocycles. The Hall–Kier alpha value is 0.467. The van der Waals surface area contributed by atoms with Crippen LogP contribution >= 0.6 is 0 Å². The summed E-state index contributed by atoms with van der Waals surface area (Å²) in [4.78, 5) is 0. The van der Waals surface area contributed by atoms with Gasteiger partial charge in [-0.2, -0.15) is 6.58 Å². The summed E-state index contributed by atoms with van der Waals surface area (Å²) in [6.45, 7) is 10.3. The van der Waals surface area contributed by atoms with Gasteiger partial charge in [0.15, 0.2) is 0 Å². The van der Waals surface area contributed by atoms with Crippen molar-refractivity contribution in [1.29, 1.82) is 0 Å². The van der Waals surface area contributed by atoms with E-state index in [4.69, 9.17) is 6.58 Å². The summed E-state index contributed by atoms with van der Waals surface area (Å²) >= 11 is 0. The second-order valence-corrected chi connectivity index (χ2v) is 0.948. The van der Waals surface area contributed by atoms with E-state index in [9.17, 15) is 0 Å². The summed E-state index contributed by atoms with van der Waals surface area (Å²) in [5.74, 6) is 0. The summed E-state index contributed by atoms with van der Waals surface area (Å²) < 4.78 is 0. The Morgan fingerprint density at radius 1 is 1.57 bits per heavy atom. The number of hydrogen-bond donors (Lipinski definition) is 0. The maximum atomic E-state index is 5.09. The fourth-order valence-electron chi connectivity index (χ4n) is 0. The number of rotatable bonds is 1. The first-order chi connectivity index (χ1) is 2.27. The van der Waals surface area contributed by atoms with Gasteiger partial charge in [0.05, 0.1) is 0 Å². The zero-order chi connectivity index (χ0) is 4.28. The SMILES string of the molecule is [CH-]=C(C)C=C.[Ni].[Ni]. The zero-order valence-corrected chi connectivity index (χ0v) is 5.97. The summed E-state index contributed by atoms with van der Waals surface area (Å²) in [5.41, 5.74) is 0.769. The first-order valence-corrected chi connectivity index (χ1v) is 1.49. The van der Waals surface area contributed by atoms with Gasteiger partial charge in [-0.15, -0.1) is 0 Å². The molecule has 0 radical (unpaired) electrons. The second kappa shape index (κ2) is 9.69. The van der Waals surface area contributed by atoms with Crippen LogP contribution < -0.4 is 0 Å². The molecule has 0 unspecified atom stereocenters. The van der Waals surface area contributed by atoms with Gasteiger partial charge < -0.3 is 0 Å². The van der Waals surface area contributed by atoms with Crippen LogP contribution in [0.2, 0.25) is 0 Å². The Balaban J connectivity index is -0.0000000800. The summed E-state index contributed by atoms with van der Waals surface area (Å²) in [7, 11) is 0. The molecular weight excluding hydrogens is 177 g/mol. The van der Waals surface area contributed by atoms with Crippen LogP contribution in [0, 0.1) is 6.58 Å². The fraction of sp³-hybridized carbons (Fsp3) is 0.200. The quantitative estimate of drug-likeness (QED) is 0.330. The van der Waals surface area contributed by atoms with E-state index in [1.54, 1.807) is 13.0 Å². The first-order valence-electron chi connectivity index (χ1n) is 1.49. The van der Waals surface area contributed by atoms with E-state index in [-0.39, 0.29) is 33.0 Å². The van der Waals surface area contributed by atoms with Gasteiger partial charge in [-0.1, -0.05) is 6.92 Å². The molecule has 0 saturated heterocycles. The standard InChI is InChI=1S/C5H7.2Ni/c1-4-5(2)3;;/h2,4H,1H2,3H3;;/q-1;;. The van der Waals surface area contributed by atoms with Gasteiger partial charge in [-0.05, 0) is 0 Å². The van der Waals surface area contributed by atoms with Crippen LogP contribution in [0.3, 0.4) is 0 Å². The van der Waals surface area contributed by atoms with Crippen LogP contribution in [0.25, 0.3) is 0 Å². The van der Waals surface area contributed by atoms with E-state index in [0.717, 1.165) is 5.57 Å². The molecule has 0 fully saturated rings. The van der Waals surface area contributed by atoms with Gasteiger partial charge >= 0.3 is 0 Å². The smallest absolute Gasteiger partial charge is 0 e. The molecule has 0 atom stereocenters. The third-order valence-electron chi connectivity index (χ3n) is 0.322. The van der Waals surface area contributed by atoms with Crippen LogP contribution in [0.1, 0.15) is 6.92 Å². The predicted molar refractivity (Wildman–Crippen MR) is 23.7 cm³/mol. The monoisotopic (exact) mass is 183 g/mol. The topological polar surface area (TPSA) is 0 Å². The van der Waals surface area contributed by atoms with Crippen molar-refractivity contribution in [2.24, 2.45) is 0 Å². The minimum Gasteiger partial charge on any atom is -0.290 e. The maximum absolute atomic E-state index is 5.09. The summed E-state index contributed by atoms with van der Waals surface area (Å²) in [6, 6.07) is 0. The molecule has 2 heteroatoms. The Labute approximate surface area is 64.9 Å². The van der Waals surface area contributed by atoms with Gasteiger partial charge in [0.1, 0.15) is 0 Å². The van der Waals surface area contributed by atoms with E-state index in [1.165, 1.54) is 0 Å². The largest absolute Gasteiger partial charge is 0.290 e. The molecule has 0 rings (SSSR count). The molecule has 0 nitrogen and oxygen atoms in total. The fourth-order valence-corrected chi connectivity index (χ4v) is 0. The van der Waals surface area contributed by atoms with Gasteiger partial charge in [-0.3, -0.25) is 6.58 Å². The Kier molecular flexibility index (Phi) is 21.7. The van der Waals surface area contributed by atoms with Crippen molar-refractivity contribution in [3.63, 3.8) is 0 Å². The van der Waals surface area contributed by atoms with Crippen molar-refractivity contribution in [2.45, 2.75) is 6.92 Å². The average molecular weight is 184 g/mol. The number of hydrogen-bond acceptors (Lipinski definition) is 0. The van der Waals surface area contributed by atoms with Crippen LogP contribution in [-0.2, 0) is 33.0 Å². The zero-order valence-electron chi connectivity index (χ0n) is 3.99. The van der Waals surface area contributed by atoms with E-state index in [2.05, 4.69) is 6.58 Å². The second-order valence-electron chi connectivity index (χ2n) is 0.948. The number of allylic oxidation sites excluding steroid dienone is 2. The van der Waals surface area contributed by atoms with Crippen LogP contribution in [0.4, 0.5) is 0 Å². The van der Waals surface area contributed by atoms with E-state index < -0.39 is 0 Å². The predicted octanol–water partition coefficient (Wildman–Crippen LogP) is 1.55. The molecule has 0 saturated carbocycles. The molecule has 48 valence electrons. The molecule has 0 aliphatic heterocycles. The van der Waals surface area contributed by atoms with Crippen LogP contribution in [-0.4, -0.2) is 0 Å². The Bertz CT molecular complexity index is 57.1. The Morgan fingerprint density at radius 2 is 1.71 bits per heavy atom. The molecule has 0 N–H and O–H groups in total. The van der Waals surface area contributed by atoms with Crippen LogP contribution in [0.15, 0.2) is 18.2 Å². The molecule has 0 aliphatic carbocycles. The molecule has 7 heavy (non-hydrogen) atoms. The maximum Gasteiger partial charge on any atom is 0 e. The van der Waals surface area contributed by atoms with E-state index >= 15 is 0 Å². The van der Waals surface area contributed by atoms with Crippen molar-refractivity contribution in [3.8, 4) is 0 Å². The molecule has 0 bridgehead atoms. The first kappa shape index (κ1) is 15.7. The molecular formula is C5H7Ni2-. The Morgan fingerprint density at radius 3 is 1.71 bits per heavy atom. The van der Waals surface area contributed by atoms with Gasteiger partial charge in [0, 0.05) is 33.0 Å². The van der Waals surface area contributed by atoms with E-state index in [0.29, 0.717) is 0 Å². The molecule has 0 amide bonds. The minimum absolute atomic E-state index is 0. The summed E-state index contributed by atoms with van der Waals surface area (Å²) in [5, 5.41) is 0. The molecule has 0 aromatic rings. The third kappa shape index (κ3) is 21.2. The van der Waals surface area contributed by atoms with Gasteiger partial charge in [0.25, 0.3) is 0 Å². The van der Waals surface area contributed by atoms with Crippen molar-refractivity contribution >= 4 is 0 Å². The van der Waals surface area contributed by atoms with Gasteiger partial charge in [0.2, 0.25) is 0 Å². The van der Waals surface area contributed by atoms with Gasteiger partial charge in [-0.25, -0.2) is 11.6 Å². The van der Waals surface area contributed by atoms with Crippen molar-refractivity contribution < 1.29 is 33.0 Å². The van der Waals surface area contributed by atoms with Crippen LogP contribution in [0.5, 0.6) is 0 Å². The van der Waals surface area contributed by atoms with E-state index in [1.807, 2.05) is 0 Å². The normalized spacial score (nSPS) is 4.71. The summed E-state index contributed by atoms with van der Waals surface area (Å²) in [6.07, 6.45) is 1.61. The van der Waals surface area contributed by atoms with Crippen molar-refractivity contribution in [2.75, 3.05) is 0 Å². The third-order valence-corrected chi connectivity index (χ3v) is 0.322. The minimum atomic E-state index is 0. The van der Waals surface area contributed by atoms with Crippen molar-refractivity contribution in [3.05, 3.63) is 24.8 Å². The molecule has 0 spiro atoms.